The zero-order valence-electron chi connectivity index (χ0n) is 12.0. The number of aliphatic carboxylic acids is 2. The van der Waals surface area contributed by atoms with E-state index in [1.165, 1.54) is 14.2 Å². The second-order valence-corrected chi connectivity index (χ2v) is 4.39. The van der Waals surface area contributed by atoms with Crippen molar-refractivity contribution in [2.24, 2.45) is 0 Å². The number of methoxy groups -OCH3 is 2. The number of carbonyl (C=O) groups is 2. The fourth-order valence-electron chi connectivity index (χ4n) is 1.81. The van der Waals surface area contributed by atoms with Crippen molar-refractivity contribution in [1.82, 2.24) is 5.32 Å². The lowest BCUT2D eigenvalue weighted by atomic mass is 10.1. The van der Waals surface area contributed by atoms with Gasteiger partial charge in [0.05, 0.1) is 14.2 Å². The topological polar surface area (TPSA) is 105 Å². The number of ether oxygens (including phenoxy) is 2. The lowest BCUT2D eigenvalue weighted by Crippen LogP contribution is -2.36. The van der Waals surface area contributed by atoms with Gasteiger partial charge in [-0.05, 0) is 24.1 Å². The van der Waals surface area contributed by atoms with Gasteiger partial charge in [-0.1, -0.05) is 6.07 Å². The summed E-state index contributed by atoms with van der Waals surface area (Å²) in [5.41, 5.74) is 0.814. The summed E-state index contributed by atoms with van der Waals surface area (Å²) in [4.78, 5) is 21.6. The summed E-state index contributed by atoms with van der Waals surface area (Å²) in [7, 11) is 3.05. The second-order valence-electron chi connectivity index (χ2n) is 4.39. The van der Waals surface area contributed by atoms with Crippen LogP contribution in [-0.2, 0) is 16.1 Å². The maximum atomic E-state index is 11.1. The fourth-order valence-corrected chi connectivity index (χ4v) is 1.81. The molecule has 1 aromatic carbocycles. The molecule has 116 valence electrons. The van der Waals surface area contributed by atoms with E-state index in [0.717, 1.165) is 5.56 Å². The minimum atomic E-state index is -1.07. The minimum absolute atomic E-state index is 0.0258. The Hall–Kier alpha value is -2.28. The molecule has 0 saturated carbocycles. The lowest BCUT2D eigenvalue weighted by molar-refractivity contribution is -0.140. The van der Waals surface area contributed by atoms with Crippen molar-refractivity contribution < 1.29 is 29.3 Å². The van der Waals surface area contributed by atoms with Crippen molar-refractivity contribution >= 4 is 11.9 Å². The van der Waals surface area contributed by atoms with Crippen molar-refractivity contribution in [2.45, 2.75) is 25.4 Å². The van der Waals surface area contributed by atoms with Crippen LogP contribution in [0.1, 0.15) is 18.4 Å². The Kier molecular flexibility index (Phi) is 6.48. The van der Waals surface area contributed by atoms with Crippen molar-refractivity contribution in [3.63, 3.8) is 0 Å². The maximum Gasteiger partial charge on any atom is 0.320 e. The van der Waals surface area contributed by atoms with Crippen LogP contribution in [0.15, 0.2) is 18.2 Å². The molecule has 0 aromatic heterocycles. The highest BCUT2D eigenvalue weighted by Crippen LogP contribution is 2.27. The van der Waals surface area contributed by atoms with Crippen LogP contribution < -0.4 is 14.8 Å². The van der Waals surface area contributed by atoms with E-state index >= 15 is 0 Å². The first-order valence-electron chi connectivity index (χ1n) is 6.36. The molecule has 0 saturated heterocycles. The molecule has 1 atom stereocenters. The SMILES string of the molecule is COc1ccc(CN[C@@H](CCC(=O)O)C(=O)O)cc1OC. The fraction of sp³-hybridized carbons (Fsp3) is 0.429. The van der Waals surface area contributed by atoms with Crippen molar-refractivity contribution in [3.05, 3.63) is 23.8 Å². The van der Waals surface area contributed by atoms with Gasteiger partial charge in [-0.3, -0.25) is 9.59 Å². The Balaban J connectivity index is 2.67. The molecule has 0 bridgehead atoms. The highest BCUT2D eigenvalue weighted by molar-refractivity contribution is 5.75. The number of nitrogens with one attached hydrogen (secondary N) is 1. The van der Waals surface area contributed by atoms with E-state index in [-0.39, 0.29) is 19.4 Å². The molecule has 0 amide bonds. The van der Waals surface area contributed by atoms with E-state index < -0.39 is 18.0 Å². The van der Waals surface area contributed by atoms with Gasteiger partial charge in [-0.2, -0.15) is 0 Å². The van der Waals surface area contributed by atoms with Crippen LogP contribution in [-0.4, -0.2) is 42.4 Å². The summed E-state index contributed by atoms with van der Waals surface area (Å²) in [6, 6.07) is 4.34. The number of hydrogen-bond acceptors (Lipinski definition) is 5. The van der Waals surface area contributed by atoms with Gasteiger partial charge >= 0.3 is 11.9 Å². The molecule has 0 aliphatic rings. The molecule has 0 heterocycles. The number of hydrogen-bond donors (Lipinski definition) is 3. The Morgan fingerprint density at radius 3 is 2.38 bits per heavy atom. The van der Waals surface area contributed by atoms with E-state index in [2.05, 4.69) is 5.32 Å². The number of carboxylic acids is 2. The Morgan fingerprint density at radius 1 is 1.19 bits per heavy atom. The van der Waals surface area contributed by atoms with E-state index in [1.807, 2.05) is 0 Å². The predicted octanol–water partition coefficient (Wildman–Crippen LogP) is 1.11. The number of benzene rings is 1. The van der Waals surface area contributed by atoms with Gasteiger partial charge in [0.25, 0.3) is 0 Å². The van der Waals surface area contributed by atoms with E-state index in [1.54, 1.807) is 18.2 Å². The molecule has 0 unspecified atom stereocenters. The molecule has 1 rings (SSSR count). The predicted molar refractivity (Wildman–Crippen MR) is 74.7 cm³/mol. The van der Waals surface area contributed by atoms with Gasteiger partial charge in [-0.15, -0.1) is 0 Å². The molecule has 1 aromatic rings. The van der Waals surface area contributed by atoms with Crippen LogP contribution in [0.5, 0.6) is 11.5 Å². The average Bonchev–Trinajstić information content (AvgIpc) is 2.46. The van der Waals surface area contributed by atoms with E-state index in [4.69, 9.17) is 19.7 Å². The number of rotatable bonds is 9. The first kappa shape index (κ1) is 16.8. The summed E-state index contributed by atoms with van der Waals surface area (Å²) < 4.78 is 10.3. The van der Waals surface area contributed by atoms with E-state index in [9.17, 15) is 9.59 Å². The average molecular weight is 297 g/mol. The molecule has 0 aliphatic carbocycles. The summed E-state index contributed by atoms with van der Waals surface area (Å²) >= 11 is 0. The Bertz CT molecular complexity index is 502. The zero-order valence-corrected chi connectivity index (χ0v) is 12.0. The van der Waals surface area contributed by atoms with Crippen LogP contribution in [0.2, 0.25) is 0 Å². The lowest BCUT2D eigenvalue weighted by Gasteiger charge is -2.14. The molecule has 0 fully saturated rings. The third kappa shape index (κ3) is 5.31. The largest absolute Gasteiger partial charge is 0.493 e. The highest BCUT2D eigenvalue weighted by Gasteiger charge is 2.18. The smallest absolute Gasteiger partial charge is 0.320 e. The molecular weight excluding hydrogens is 278 g/mol. The summed E-state index contributed by atoms with van der Waals surface area (Å²) in [6.45, 7) is 0.289. The van der Waals surface area contributed by atoms with Gasteiger partial charge in [0.15, 0.2) is 11.5 Å². The van der Waals surface area contributed by atoms with E-state index in [0.29, 0.717) is 11.5 Å². The van der Waals surface area contributed by atoms with Crippen LogP contribution >= 0.6 is 0 Å². The van der Waals surface area contributed by atoms with Crippen molar-refractivity contribution in [2.75, 3.05) is 14.2 Å². The van der Waals surface area contributed by atoms with Crippen LogP contribution in [0.25, 0.3) is 0 Å². The normalized spacial score (nSPS) is 11.7. The quantitative estimate of drug-likeness (QED) is 0.627. The first-order valence-corrected chi connectivity index (χ1v) is 6.36. The van der Waals surface area contributed by atoms with Gasteiger partial charge < -0.3 is 25.0 Å². The molecule has 0 radical (unpaired) electrons. The Labute approximate surface area is 122 Å². The maximum absolute atomic E-state index is 11.1. The third-order valence-electron chi connectivity index (χ3n) is 2.95. The van der Waals surface area contributed by atoms with Gasteiger partial charge in [0.1, 0.15) is 6.04 Å². The first-order chi connectivity index (χ1) is 9.97. The second kappa shape index (κ2) is 8.11. The van der Waals surface area contributed by atoms with Crippen molar-refractivity contribution in [3.8, 4) is 11.5 Å². The zero-order chi connectivity index (χ0) is 15.8. The van der Waals surface area contributed by atoms with Crippen LogP contribution in [0, 0.1) is 0 Å². The van der Waals surface area contributed by atoms with Crippen LogP contribution in [0.3, 0.4) is 0 Å². The highest BCUT2D eigenvalue weighted by atomic mass is 16.5. The summed E-state index contributed by atoms with van der Waals surface area (Å²) in [5.74, 6) is -0.956. The standard InChI is InChI=1S/C14H19NO6/c1-20-11-5-3-9(7-12(11)21-2)8-15-10(14(18)19)4-6-13(16)17/h3,5,7,10,15H,4,6,8H2,1-2H3,(H,16,17)(H,18,19)/t10-/m0/s1. The Morgan fingerprint density at radius 2 is 1.86 bits per heavy atom. The van der Waals surface area contributed by atoms with Gasteiger partial charge in [-0.25, -0.2) is 0 Å². The molecule has 7 heteroatoms. The summed E-state index contributed by atoms with van der Waals surface area (Å²) in [5, 5.41) is 20.5. The molecule has 0 spiro atoms. The third-order valence-corrected chi connectivity index (χ3v) is 2.95. The molecule has 3 N–H and O–H groups in total. The van der Waals surface area contributed by atoms with Gasteiger partial charge in [0, 0.05) is 13.0 Å². The summed E-state index contributed by atoms with van der Waals surface area (Å²) in [6.07, 6.45) is -0.173. The van der Waals surface area contributed by atoms with Crippen LogP contribution in [0.4, 0.5) is 0 Å². The van der Waals surface area contributed by atoms with Crippen molar-refractivity contribution in [1.29, 1.82) is 0 Å². The molecule has 21 heavy (non-hydrogen) atoms. The minimum Gasteiger partial charge on any atom is -0.493 e. The molecular formula is C14H19NO6. The molecule has 7 nitrogen and oxygen atoms in total. The monoisotopic (exact) mass is 297 g/mol. The number of carboxylic acid groups (broad SMARTS) is 2. The van der Waals surface area contributed by atoms with Gasteiger partial charge in [0.2, 0.25) is 0 Å². The molecule has 0 aliphatic heterocycles.